The second-order valence-electron chi connectivity index (χ2n) is 10.0. The molecule has 186 valence electrons. The number of nitrogens with zero attached hydrogens (tertiary/aromatic N) is 2. The number of hydrogen-bond acceptors (Lipinski definition) is 1. The van der Waals surface area contributed by atoms with Gasteiger partial charge in [0.1, 0.15) is 0 Å². The molecule has 3 heteroatoms. The van der Waals surface area contributed by atoms with Crippen LogP contribution in [0, 0.1) is 6.57 Å². The van der Waals surface area contributed by atoms with Gasteiger partial charge in [0, 0.05) is 30.9 Å². The highest BCUT2D eigenvalue weighted by atomic mass is 32.1. The van der Waals surface area contributed by atoms with Gasteiger partial charge in [-0.15, -0.1) is 11.3 Å². The standard InChI is InChI=1S/C37H22N2S/c1-38-31-15-8-14-27(37(31)39-32-16-5-2-10-28(32)29-11-3-6-17-33(29)39)25-22-20-24(21-23-25)26-13-9-19-35-36(26)30-12-4-7-18-34(30)40-35/h2-23H. The van der Waals surface area contributed by atoms with Crippen molar-refractivity contribution in [2.75, 3.05) is 0 Å². The molecular weight excluding hydrogens is 504 g/mol. The Balaban J connectivity index is 1.34. The van der Waals surface area contributed by atoms with Crippen molar-refractivity contribution in [1.82, 2.24) is 4.57 Å². The molecule has 6 aromatic carbocycles. The molecule has 2 heterocycles. The first-order valence-corrected chi connectivity index (χ1v) is 14.1. The predicted octanol–water partition coefficient (Wildman–Crippen LogP) is 11.0. The lowest BCUT2D eigenvalue weighted by Crippen LogP contribution is -1.97. The second kappa shape index (κ2) is 8.95. The third-order valence-corrected chi connectivity index (χ3v) is 8.98. The van der Waals surface area contributed by atoms with Gasteiger partial charge in [0.2, 0.25) is 5.69 Å². The molecule has 2 aromatic heterocycles. The molecule has 0 saturated carbocycles. The summed E-state index contributed by atoms with van der Waals surface area (Å²) in [5.74, 6) is 0. The number of rotatable bonds is 3. The fraction of sp³-hybridized carbons (Fsp3) is 0. The molecular formula is C37H22N2S. The number of para-hydroxylation sites is 3. The van der Waals surface area contributed by atoms with Gasteiger partial charge in [0.05, 0.1) is 23.3 Å². The van der Waals surface area contributed by atoms with Gasteiger partial charge in [-0.25, -0.2) is 4.85 Å². The zero-order valence-electron chi connectivity index (χ0n) is 21.5. The summed E-state index contributed by atoms with van der Waals surface area (Å²) in [4.78, 5) is 3.98. The molecule has 0 fully saturated rings. The number of aromatic nitrogens is 1. The zero-order valence-corrected chi connectivity index (χ0v) is 22.3. The zero-order chi connectivity index (χ0) is 26.6. The van der Waals surface area contributed by atoms with Gasteiger partial charge in [0.25, 0.3) is 0 Å². The Bertz CT molecular complexity index is 2220. The lowest BCUT2D eigenvalue weighted by atomic mass is 9.96. The molecule has 0 unspecified atom stereocenters. The van der Waals surface area contributed by atoms with Crippen LogP contribution in [0.1, 0.15) is 0 Å². The molecule has 0 aliphatic carbocycles. The molecule has 0 N–H and O–H groups in total. The van der Waals surface area contributed by atoms with Crippen molar-refractivity contribution in [3.8, 4) is 27.9 Å². The monoisotopic (exact) mass is 526 g/mol. The average molecular weight is 527 g/mol. The van der Waals surface area contributed by atoms with Crippen molar-refractivity contribution in [1.29, 1.82) is 0 Å². The summed E-state index contributed by atoms with van der Waals surface area (Å²) in [6.45, 7) is 8.05. The van der Waals surface area contributed by atoms with Gasteiger partial charge < -0.3 is 4.57 Å². The quantitative estimate of drug-likeness (QED) is 0.203. The van der Waals surface area contributed by atoms with Crippen molar-refractivity contribution >= 4 is 59.0 Å². The van der Waals surface area contributed by atoms with Crippen molar-refractivity contribution in [2.24, 2.45) is 0 Å². The van der Waals surface area contributed by atoms with Crippen LogP contribution in [0.25, 0.3) is 74.8 Å². The second-order valence-corrected chi connectivity index (χ2v) is 11.1. The van der Waals surface area contributed by atoms with Crippen LogP contribution in [-0.2, 0) is 0 Å². The summed E-state index contributed by atoms with van der Waals surface area (Å²) < 4.78 is 4.88. The third kappa shape index (κ3) is 3.34. The van der Waals surface area contributed by atoms with Crippen LogP contribution in [0.15, 0.2) is 133 Å². The molecule has 0 amide bonds. The van der Waals surface area contributed by atoms with E-state index in [1.807, 2.05) is 23.5 Å². The number of hydrogen-bond donors (Lipinski definition) is 0. The minimum absolute atomic E-state index is 0.641. The lowest BCUT2D eigenvalue weighted by Gasteiger charge is -2.16. The maximum atomic E-state index is 8.05. The van der Waals surface area contributed by atoms with E-state index < -0.39 is 0 Å². The minimum atomic E-state index is 0.641. The molecule has 0 spiro atoms. The number of benzene rings is 6. The van der Waals surface area contributed by atoms with E-state index in [-0.39, 0.29) is 0 Å². The van der Waals surface area contributed by atoms with E-state index in [1.54, 1.807) is 0 Å². The van der Waals surface area contributed by atoms with Crippen molar-refractivity contribution in [3.63, 3.8) is 0 Å². The largest absolute Gasteiger partial charge is 0.318 e. The van der Waals surface area contributed by atoms with E-state index in [0.29, 0.717) is 5.69 Å². The highest BCUT2D eigenvalue weighted by molar-refractivity contribution is 7.25. The normalized spacial score (nSPS) is 11.5. The number of thiophene rings is 1. The molecule has 8 rings (SSSR count). The molecule has 40 heavy (non-hydrogen) atoms. The summed E-state index contributed by atoms with van der Waals surface area (Å²) in [6.07, 6.45) is 0. The highest BCUT2D eigenvalue weighted by Crippen LogP contribution is 2.43. The first kappa shape index (κ1) is 22.8. The van der Waals surface area contributed by atoms with Crippen LogP contribution in [0.2, 0.25) is 0 Å². The van der Waals surface area contributed by atoms with Gasteiger partial charge in [-0.1, -0.05) is 109 Å². The predicted molar refractivity (Wildman–Crippen MR) is 171 cm³/mol. The van der Waals surface area contributed by atoms with Crippen LogP contribution in [0.3, 0.4) is 0 Å². The summed E-state index contributed by atoms with van der Waals surface area (Å²) in [5.41, 5.74) is 8.36. The van der Waals surface area contributed by atoms with Gasteiger partial charge in [0.15, 0.2) is 0 Å². The summed E-state index contributed by atoms with van der Waals surface area (Å²) >= 11 is 1.85. The number of fused-ring (bicyclic) bond motifs is 6. The van der Waals surface area contributed by atoms with E-state index in [4.69, 9.17) is 6.57 Å². The van der Waals surface area contributed by atoms with Crippen LogP contribution < -0.4 is 0 Å². The Labute approximate surface area is 235 Å². The van der Waals surface area contributed by atoms with E-state index in [2.05, 4.69) is 131 Å². The maximum Gasteiger partial charge on any atom is 0.211 e. The van der Waals surface area contributed by atoms with Crippen molar-refractivity contribution in [3.05, 3.63) is 145 Å². The minimum Gasteiger partial charge on any atom is -0.318 e. The van der Waals surface area contributed by atoms with Crippen LogP contribution in [0.4, 0.5) is 5.69 Å². The Morgan fingerprint density at radius 3 is 1.75 bits per heavy atom. The summed E-state index contributed by atoms with van der Waals surface area (Å²) in [7, 11) is 0. The molecule has 2 nitrogen and oxygen atoms in total. The topological polar surface area (TPSA) is 9.29 Å². The summed E-state index contributed by atoms with van der Waals surface area (Å²) in [5, 5.41) is 5.00. The first-order chi connectivity index (χ1) is 19.8. The van der Waals surface area contributed by atoms with Gasteiger partial charge in [-0.05, 0) is 46.5 Å². The molecule has 0 aliphatic heterocycles. The smallest absolute Gasteiger partial charge is 0.211 e. The van der Waals surface area contributed by atoms with Crippen molar-refractivity contribution in [2.45, 2.75) is 0 Å². The Morgan fingerprint density at radius 1 is 0.500 bits per heavy atom. The van der Waals surface area contributed by atoms with Crippen LogP contribution in [-0.4, -0.2) is 4.57 Å². The summed E-state index contributed by atoms with van der Waals surface area (Å²) in [6, 6.07) is 47.1. The molecule has 0 bridgehead atoms. The van der Waals surface area contributed by atoms with Crippen LogP contribution in [0.5, 0.6) is 0 Å². The van der Waals surface area contributed by atoms with E-state index in [1.165, 1.54) is 42.1 Å². The van der Waals surface area contributed by atoms with Gasteiger partial charge in [-0.2, -0.15) is 0 Å². The molecule has 8 aromatic rings. The molecule has 0 saturated heterocycles. The molecule has 0 atom stereocenters. The van der Waals surface area contributed by atoms with E-state index in [9.17, 15) is 0 Å². The molecule has 0 radical (unpaired) electrons. The third-order valence-electron chi connectivity index (χ3n) is 7.85. The SMILES string of the molecule is [C-]#[N+]c1cccc(-c2ccc(-c3cccc4sc5ccccc5c34)cc2)c1-n1c2ccccc2c2ccccc21. The lowest BCUT2D eigenvalue weighted by molar-refractivity contribution is 1.19. The fourth-order valence-electron chi connectivity index (χ4n) is 6.10. The van der Waals surface area contributed by atoms with Crippen molar-refractivity contribution < 1.29 is 0 Å². The average Bonchev–Trinajstić information content (AvgIpc) is 3.57. The first-order valence-electron chi connectivity index (χ1n) is 13.3. The van der Waals surface area contributed by atoms with Crippen LogP contribution >= 0.6 is 11.3 Å². The Morgan fingerprint density at radius 2 is 1.05 bits per heavy atom. The maximum absolute atomic E-state index is 8.05. The van der Waals surface area contributed by atoms with Gasteiger partial charge in [-0.3, -0.25) is 0 Å². The van der Waals surface area contributed by atoms with E-state index in [0.717, 1.165) is 27.8 Å². The Hall–Kier alpha value is -5.17. The molecule has 0 aliphatic rings. The van der Waals surface area contributed by atoms with Gasteiger partial charge >= 0.3 is 0 Å². The van der Waals surface area contributed by atoms with E-state index >= 15 is 0 Å². The fourth-order valence-corrected chi connectivity index (χ4v) is 7.23. The Kier molecular flexibility index (Phi) is 5.10. The highest BCUT2D eigenvalue weighted by Gasteiger charge is 2.19.